The Labute approximate surface area is 127 Å². The predicted octanol–water partition coefficient (Wildman–Crippen LogP) is 0.951. The van der Waals surface area contributed by atoms with Gasteiger partial charge in [0.2, 0.25) is 0 Å². The summed E-state index contributed by atoms with van der Waals surface area (Å²) in [5.41, 5.74) is 5.57. The van der Waals surface area contributed by atoms with Crippen molar-refractivity contribution in [1.82, 2.24) is 9.88 Å². The number of aromatic nitrogens is 1. The lowest BCUT2D eigenvalue weighted by molar-refractivity contribution is -0.150. The van der Waals surface area contributed by atoms with Gasteiger partial charge in [-0.15, -0.1) is 0 Å². The van der Waals surface area contributed by atoms with Crippen molar-refractivity contribution < 1.29 is 14.3 Å². The van der Waals surface area contributed by atoms with Crippen molar-refractivity contribution in [1.29, 1.82) is 0 Å². The molecule has 1 aliphatic heterocycles. The highest BCUT2D eigenvalue weighted by Crippen LogP contribution is 2.22. The highest BCUT2D eigenvalue weighted by Gasteiger charge is 2.39. The maximum Gasteiger partial charge on any atom is 0.254 e. The number of carbonyl (C=O) groups is 2. The van der Waals surface area contributed by atoms with Gasteiger partial charge in [-0.1, -0.05) is 12.1 Å². The van der Waals surface area contributed by atoms with E-state index in [0.717, 1.165) is 10.9 Å². The van der Waals surface area contributed by atoms with Crippen LogP contribution in [0.5, 0.6) is 0 Å². The highest BCUT2D eigenvalue weighted by atomic mass is 16.5. The zero-order valence-electron chi connectivity index (χ0n) is 12.3. The summed E-state index contributed by atoms with van der Waals surface area (Å²) < 4.78 is 5.45. The summed E-state index contributed by atoms with van der Waals surface area (Å²) in [6.45, 7) is 2.48. The predicted molar refractivity (Wildman–Crippen MR) is 81.2 cm³/mol. The van der Waals surface area contributed by atoms with Crippen molar-refractivity contribution in [3.05, 3.63) is 42.1 Å². The van der Waals surface area contributed by atoms with Crippen LogP contribution < -0.4 is 5.73 Å². The summed E-state index contributed by atoms with van der Waals surface area (Å²) in [7, 11) is 0. The Kier molecular flexibility index (Phi) is 3.54. The Balaban J connectivity index is 1.94. The molecule has 0 saturated carbocycles. The molecule has 1 saturated heterocycles. The van der Waals surface area contributed by atoms with Crippen LogP contribution in [-0.2, 0) is 9.53 Å². The van der Waals surface area contributed by atoms with E-state index in [-0.39, 0.29) is 19.1 Å². The maximum absolute atomic E-state index is 12.8. The molecule has 2 aromatic rings. The molecule has 0 aliphatic carbocycles. The summed E-state index contributed by atoms with van der Waals surface area (Å²) in [5, 5.41) is 0.794. The number of fused-ring (bicyclic) bond motifs is 1. The first-order chi connectivity index (χ1) is 10.5. The second-order valence-electron chi connectivity index (χ2n) is 5.55. The molecule has 114 valence electrons. The summed E-state index contributed by atoms with van der Waals surface area (Å²) in [4.78, 5) is 30.2. The number of hydrogen-bond acceptors (Lipinski definition) is 4. The SMILES string of the molecule is C[C@@]1(C(N)=O)CN(C(=O)c2cccc3ncccc23)CCO1. The standard InChI is InChI=1S/C16H17N3O3/c1-16(15(17)21)10-19(8-9-22-16)14(20)12-4-2-6-13-11(12)5-3-7-18-13/h2-7H,8-10H2,1H3,(H2,17,21)/t16-/m0/s1. The van der Waals surface area contributed by atoms with E-state index in [1.54, 1.807) is 36.2 Å². The van der Waals surface area contributed by atoms with Crippen molar-refractivity contribution in [3.8, 4) is 0 Å². The minimum absolute atomic E-state index is 0.144. The Hall–Kier alpha value is -2.47. The quantitative estimate of drug-likeness (QED) is 0.894. The monoisotopic (exact) mass is 299 g/mol. The van der Waals surface area contributed by atoms with Gasteiger partial charge in [0.25, 0.3) is 11.8 Å². The molecule has 2 amide bonds. The first-order valence-corrected chi connectivity index (χ1v) is 7.08. The van der Waals surface area contributed by atoms with Gasteiger partial charge in [-0.3, -0.25) is 14.6 Å². The Morgan fingerprint density at radius 2 is 2.14 bits per heavy atom. The second kappa shape index (κ2) is 5.38. The molecule has 1 aromatic heterocycles. The van der Waals surface area contributed by atoms with Crippen molar-refractivity contribution in [2.75, 3.05) is 19.7 Å². The van der Waals surface area contributed by atoms with Crippen LogP contribution in [0.3, 0.4) is 0 Å². The number of ether oxygens (including phenoxy) is 1. The van der Waals surface area contributed by atoms with Crippen LogP contribution >= 0.6 is 0 Å². The molecule has 2 N–H and O–H groups in total. The van der Waals surface area contributed by atoms with E-state index in [1.807, 2.05) is 12.1 Å². The van der Waals surface area contributed by atoms with Crippen molar-refractivity contribution in [3.63, 3.8) is 0 Å². The van der Waals surface area contributed by atoms with Gasteiger partial charge in [-0.25, -0.2) is 0 Å². The van der Waals surface area contributed by atoms with Crippen LogP contribution in [0, 0.1) is 0 Å². The van der Waals surface area contributed by atoms with Crippen molar-refractivity contribution in [2.45, 2.75) is 12.5 Å². The maximum atomic E-state index is 12.8. The normalized spacial score (nSPS) is 21.8. The fraction of sp³-hybridized carbons (Fsp3) is 0.312. The van der Waals surface area contributed by atoms with E-state index in [2.05, 4.69) is 4.98 Å². The number of nitrogens with two attached hydrogens (primary N) is 1. The molecule has 2 heterocycles. The van der Waals surface area contributed by atoms with E-state index in [0.29, 0.717) is 12.1 Å². The van der Waals surface area contributed by atoms with Crippen LogP contribution in [-0.4, -0.2) is 47.0 Å². The molecule has 6 heteroatoms. The molecule has 1 fully saturated rings. The van der Waals surface area contributed by atoms with Gasteiger partial charge in [-0.2, -0.15) is 0 Å². The molecule has 0 spiro atoms. The number of carbonyl (C=O) groups excluding carboxylic acids is 2. The van der Waals surface area contributed by atoms with Crippen LogP contribution in [0.2, 0.25) is 0 Å². The Morgan fingerprint density at radius 3 is 2.91 bits per heavy atom. The van der Waals surface area contributed by atoms with E-state index < -0.39 is 11.5 Å². The van der Waals surface area contributed by atoms with Crippen LogP contribution in [0.15, 0.2) is 36.5 Å². The van der Waals surface area contributed by atoms with Gasteiger partial charge in [0, 0.05) is 23.7 Å². The third-order valence-corrected chi connectivity index (χ3v) is 3.96. The fourth-order valence-electron chi connectivity index (χ4n) is 2.65. The zero-order valence-corrected chi connectivity index (χ0v) is 12.3. The molecule has 22 heavy (non-hydrogen) atoms. The molecule has 1 aliphatic rings. The van der Waals surface area contributed by atoms with Crippen LogP contribution in [0.1, 0.15) is 17.3 Å². The van der Waals surface area contributed by atoms with Crippen LogP contribution in [0.25, 0.3) is 10.9 Å². The van der Waals surface area contributed by atoms with Crippen molar-refractivity contribution >= 4 is 22.7 Å². The van der Waals surface area contributed by atoms with Gasteiger partial charge in [-0.05, 0) is 25.1 Å². The molecule has 3 rings (SSSR count). The summed E-state index contributed by atoms with van der Waals surface area (Å²) in [5.74, 6) is -0.709. The number of benzene rings is 1. The fourth-order valence-corrected chi connectivity index (χ4v) is 2.65. The summed E-state index contributed by atoms with van der Waals surface area (Å²) >= 11 is 0. The Bertz CT molecular complexity index is 741. The van der Waals surface area contributed by atoms with Gasteiger partial charge >= 0.3 is 0 Å². The lowest BCUT2D eigenvalue weighted by atomic mass is 10.0. The second-order valence-corrected chi connectivity index (χ2v) is 5.55. The van der Waals surface area contributed by atoms with E-state index in [4.69, 9.17) is 10.5 Å². The highest BCUT2D eigenvalue weighted by molar-refractivity contribution is 6.06. The zero-order chi connectivity index (χ0) is 15.7. The van der Waals surface area contributed by atoms with E-state index in [1.165, 1.54) is 0 Å². The molecule has 1 aromatic carbocycles. The first kappa shape index (κ1) is 14.5. The van der Waals surface area contributed by atoms with Gasteiger partial charge in [0.15, 0.2) is 5.60 Å². The number of amides is 2. The third kappa shape index (κ3) is 2.42. The lowest BCUT2D eigenvalue weighted by Crippen LogP contribution is -2.58. The van der Waals surface area contributed by atoms with Crippen LogP contribution in [0.4, 0.5) is 0 Å². The van der Waals surface area contributed by atoms with Gasteiger partial charge in [0.05, 0.1) is 18.7 Å². The van der Waals surface area contributed by atoms with Gasteiger partial charge < -0.3 is 15.4 Å². The average molecular weight is 299 g/mol. The summed E-state index contributed by atoms with van der Waals surface area (Å²) in [6, 6.07) is 9.09. The molecule has 0 radical (unpaired) electrons. The molecular weight excluding hydrogens is 282 g/mol. The number of rotatable bonds is 2. The molecule has 1 atom stereocenters. The number of morpholine rings is 1. The minimum Gasteiger partial charge on any atom is -0.367 e. The Morgan fingerprint density at radius 1 is 1.32 bits per heavy atom. The molecule has 6 nitrogen and oxygen atoms in total. The van der Waals surface area contributed by atoms with E-state index in [9.17, 15) is 9.59 Å². The first-order valence-electron chi connectivity index (χ1n) is 7.08. The largest absolute Gasteiger partial charge is 0.367 e. The number of hydrogen-bond donors (Lipinski definition) is 1. The lowest BCUT2D eigenvalue weighted by Gasteiger charge is -2.38. The third-order valence-electron chi connectivity index (χ3n) is 3.96. The number of pyridine rings is 1. The average Bonchev–Trinajstić information content (AvgIpc) is 2.53. The summed E-state index contributed by atoms with van der Waals surface area (Å²) in [6.07, 6.45) is 1.69. The van der Waals surface area contributed by atoms with Gasteiger partial charge in [0.1, 0.15) is 0 Å². The molecule has 0 unspecified atom stereocenters. The van der Waals surface area contributed by atoms with E-state index >= 15 is 0 Å². The van der Waals surface area contributed by atoms with Crippen molar-refractivity contribution in [2.24, 2.45) is 5.73 Å². The number of primary amides is 1. The topological polar surface area (TPSA) is 85.5 Å². The smallest absolute Gasteiger partial charge is 0.254 e. The number of nitrogens with zero attached hydrogens (tertiary/aromatic N) is 2. The minimum atomic E-state index is -1.14. The molecular formula is C16H17N3O3. The molecule has 0 bridgehead atoms.